The van der Waals surface area contributed by atoms with E-state index in [0.717, 1.165) is 29.7 Å². The molecule has 3 N–H and O–H groups in total. The van der Waals surface area contributed by atoms with E-state index in [4.69, 9.17) is 14.9 Å². The number of fused-ring (bicyclic) bond motifs is 2. The van der Waals surface area contributed by atoms with Crippen molar-refractivity contribution in [2.45, 2.75) is 71.0 Å². The topological polar surface area (TPSA) is 132 Å². The van der Waals surface area contributed by atoms with E-state index in [0.29, 0.717) is 41.3 Å². The molecule has 2 aliphatic heterocycles. The number of benzene rings is 2. The maximum atomic E-state index is 13.8. The van der Waals surface area contributed by atoms with Crippen molar-refractivity contribution >= 4 is 46.2 Å². The maximum Gasteiger partial charge on any atom is 0.305 e. The quantitative estimate of drug-likeness (QED) is 0.340. The number of anilines is 1. The van der Waals surface area contributed by atoms with Gasteiger partial charge < -0.3 is 29.7 Å². The van der Waals surface area contributed by atoms with Gasteiger partial charge in [0.15, 0.2) is 5.78 Å². The number of carboxylic acid groups (broad SMARTS) is 1. The number of carbonyl (C=O) groups excluding carboxylic acids is 2. The zero-order valence-electron chi connectivity index (χ0n) is 24.7. The van der Waals surface area contributed by atoms with Crippen molar-refractivity contribution in [3.63, 3.8) is 0 Å². The Labute approximate surface area is 256 Å². The lowest BCUT2D eigenvalue weighted by atomic mass is 9.83. The third-order valence-corrected chi connectivity index (χ3v) is 7.89. The number of carbonyl (C=O) groups is 3. The van der Waals surface area contributed by atoms with Crippen molar-refractivity contribution in [3.05, 3.63) is 52.1 Å². The minimum absolute atomic E-state index is 0. The average Bonchev–Trinajstić information content (AvgIpc) is 3.71. The Morgan fingerprint density at radius 2 is 1.88 bits per heavy atom. The number of amidine groups is 1. The van der Waals surface area contributed by atoms with Gasteiger partial charge in [0.2, 0.25) is 0 Å². The number of amides is 1. The highest BCUT2D eigenvalue weighted by Gasteiger charge is 2.41. The minimum atomic E-state index is -0.879. The molecule has 1 saturated carbocycles. The number of hydrogen-bond donors (Lipinski definition) is 3. The Bertz CT molecular complexity index is 1430. The smallest absolute Gasteiger partial charge is 0.305 e. The van der Waals surface area contributed by atoms with Crippen LogP contribution in [-0.2, 0) is 16.8 Å². The highest BCUT2D eigenvalue weighted by Crippen LogP contribution is 2.47. The van der Waals surface area contributed by atoms with Crippen LogP contribution in [0.25, 0.3) is 0 Å². The first-order valence-electron chi connectivity index (χ1n) is 14.1. The van der Waals surface area contributed by atoms with Crippen molar-refractivity contribution in [2.24, 2.45) is 0 Å². The molecule has 2 aromatic rings. The predicted molar refractivity (Wildman–Crippen MR) is 165 cm³/mol. The van der Waals surface area contributed by atoms with E-state index in [1.807, 2.05) is 19.1 Å². The fourth-order valence-corrected chi connectivity index (χ4v) is 5.75. The summed E-state index contributed by atoms with van der Waals surface area (Å²) >= 11 is 0. The summed E-state index contributed by atoms with van der Waals surface area (Å²) in [7, 11) is 1.55. The maximum absolute atomic E-state index is 13.8. The first-order valence-corrected chi connectivity index (χ1v) is 14.1. The average molecular weight is 644 g/mol. The zero-order valence-corrected chi connectivity index (χ0v) is 26.4. The summed E-state index contributed by atoms with van der Waals surface area (Å²) in [5.41, 5.74) is 3.63. The number of nitrogens with zero attached hydrogens (tertiary/aromatic N) is 2. The van der Waals surface area contributed by atoms with Crippen LogP contribution in [0.15, 0.2) is 24.3 Å². The normalized spacial score (nSPS) is 17.5. The summed E-state index contributed by atoms with van der Waals surface area (Å²) in [6, 6.07) is 7.09. The van der Waals surface area contributed by atoms with Gasteiger partial charge in [-0.3, -0.25) is 19.8 Å². The summed E-state index contributed by atoms with van der Waals surface area (Å²) in [4.78, 5) is 41.8. The van der Waals surface area contributed by atoms with Crippen LogP contribution in [0.4, 0.5) is 5.69 Å². The van der Waals surface area contributed by atoms with Crippen molar-refractivity contribution < 1.29 is 29.0 Å². The molecule has 10 nitrogen and oxygen atoms in total. The van der Waals surface area contributed by atoms with Crippen LogP contribution >= 0.6 is 17.0 Å². The van der Waals surface area contributed by atoms with E-state index in [-0.39, 0.29) is 71.6 Å². The molecule has 42 heavy (non-hydrogen) atoms. The Morgan fingerprint density at radius 3 is 2.48 bits per heavy atom. The molecular weight excluding hydrogens is 604 g/mol. The Morgan fingerprint density at radius 1 is 1.17 bits per heavy atom. The van der Waals surface area contributed by atoms with Crippen molar-refractivity contribution in [1.82, 2.24) is 10.2 Å². The van der Waals surface area contributed by atoms with E-state index < -0.39 is 5.97 Å². The number of aliphatic carboxylic acids is 1. The molecule has 0 bridgehead atoms. The number of rotatable bonds is 9. The van der Waals surface area contributed by atoms with Gasteiger partial charge in [-0.05, 0) is 55.0 Å². The Hall–Kier alpha value is -3.60. The summed E-state index contributed by atoms with van der Waals surface area (Å²) in [5.74, 6) is 0.0194. The first kappa shape index (κ1) is 31.3. The number of Topliss-reactive ketones (excluding diaryl/α,β-unsaturated/α-hetero) is 1. The standard InChI is InChI=1S/C31H38N4O6.BrH/c1-6-40-26-11-18-14-34(29(32)21(18)13-22(26)30(39)33-5)15-25(36)17-9-23(31(2,3)4)28-24(10-17)35(19-7-8-19)20(16-41-28)12-27(37)38;/h9-11,13,19-20,32H,6-8,12,14-16H2,1-5H3,(H,33,39)(H,37,38);1H. The van der Waals surface area contributed by atoms with E-state index in [1.54, 1.807) is 24.1 Å². The monoisotopic (exact) mass is 642 g/mol. The number of carboxylic acids is 1. The second kappa shape index (κ2) is 11.9. The van der Waals surface area contributed by atoms with Crippen molar-refractivity contribution in [2.75, 3.05) is 31.7 Å². The lowest BCUT2D eigenvalue weighted by Gasteiger charge is -2.40. The molecule has 1 unspecified atom stereocenters. The lowest BCUT2D eigenvalue weighted by Crippen LogP contribution is -2.46. The molecule has 0 spiro atoms. The fraction of sp³-hybridized carbons (Fsp3) is 0.484. The highest BCUT2D eigenvalue weighted by atomic mass is 79.9. The molecule has 1 amide bonds. The van der Waals surface area contributed by atoms with E-state index >= 15 is 0 Å². The van der Waals surface area contributed by atoms with Gasteiger partial charge in [-0.25, -0.2) is 0 Å². The van der Waals surface area contributed by atoms with E-state index in [1.165, 1.54) is 0 Å². The molecule has 3 aliphatic rings. The highest BCUT2D eigenvalue weighted by molar-refractivity contribution is 8.93. The lowest BCUT2D eigenvalue weighted by molar-refractivity contribution is -0.137. The second-order valence-electron chi connectivity index (χ2n) is 12.0. The second-order valence-corrected chi connectivity index (χ2v) is 12.0. The molecule has 0 aromatic heterocycles. The SMILES string of the molecule is Br.CCOc1cc2c(cc1C(=O)NC)C(=N)N(CC(=O)c1cc3c(c(C(C)(C)C)c1)OCC(CC(=O)O)N3C1CC1)C2. The summed E-state index contributed by atoms with van der Waals surface area (Å²) in [6.07, 6.45) is 1.91. The minimum Gasteiger partial charge on any atom is -0.493 e. The third kappa shape index (κ3) is 5.97. The van der Waals surface area contributed by atoms with Crippen LogP contribution in [0.1, 0.15) is 84.4 Å². The van der Waals surface area contributed by atoms with Crippen LogP contribution in [0.3, 0.4) is 0 Å². The zero-order chi connectivity index (χ0) is 29.6. The predicted octanol–water partition coefficient (Wildman–Crippen LogP) is 4.55. The Balaban J connectivity index is 0.00000405. The summed E-state index contributed by atoms with van der Waals surface area (Å²) in [6.45, 7) is 9.06. The molecule has 1 aliphatic carbocycles. The van der Waals surface area contributed by atoms with Gasteiger partial charge in [-0.2, -0.15) is 0 Å². The molecule has 2 heterocycles. The Kier molecular flexibility index (Phi) is 8.92. The molecule has 11 heteroatoms. The summed E-state index contributed by atoms with van der Waals surface area (Å²) in [5, 5.41) is 21.0. The molecule has 5 rings (SSSR count). The molecule has 1 fully saturated rings. The first-order chi connectivity index (χ1) is 19.4. The van der Waals surface area contributed by atoms with E-state index in [2.05, 4.69) is 31.0 Å². The van der Waals surface area contributed by atoms with Gasteiger partial charge in [0.1, 0.15) is 23.9 Å². The molecular formula is C31H39BrN4O6. The number of nitrogens with one attached hydrogen (secondary N) is 2. The van der Waals surface area contributed by atoms with Crippen LogP contribution in [0, 0.1) is 5.41 Å². The van der Waals surface area contributed by atoms with E-state index in [9.17, 15) is 19.5 Å². The largest absolute Gasteiger partial charge is 0.493 e. The molecule has 0 saturated heterocycles. The van der Waals surface area contributed by atoms with Crippen molar-refractivity contribution in [3.8, 4) is 11.5 Å². The molecule has 0 radical (unpaired) electrons. The molecule has 2 aromatic carbocycles. The van der Waals surface area contributed by atoms with Crippen LogP contribution in [0.5, 0.6) is 11.5 Å². The van der Waals surface area contributed by atoms with Gasteiger partial charge in [0.05, 0.1) is 36.9 Å². The number of hydrogen-bond acceptors (Lipinski definition) is 7. The fourth-order valence-electron chi connectivity index (χ4n) is 5.75. The number of ether oxygens (including phenoxy) is 2. The van der Waals surface area contributed by atoms with Crippen molar-refractivity contribution in [1.29, 1.82) is 5.41 Å². The molecule has 1 atom stereocenters. The van der Waals surface area contributed by atoms with Gasteiger partial charge in [-0.15, -0.1) is 17.0 Å². The van der Waals surface area contributed by atoms with Crippen LogP contribution in [-0.4, -0.2) is 72.4 Å². The third-order valence-electron chi connectivity index (χ3n) is 7.89. The van der Waals surface area contributed by atoms with Gasteiger partial charge in [-0.1, -0.05) is 20.8 Å². The molecule has 226 valence electrons. The number of ketones is 1. The van der Waals surface area contributed by atoms with Gasteiger partial charge in [0.25, 0.3) is 5.91 Å². The van der Waals surface area contributed by atoms with Crippen LogP contribution < -0.4 is 19.7 Å². The van der Waals surface area contributed by atoms with Crippen LogP contribution in [0.2, 0.25) is 0 Å². The van der Waals surface area contributed by atoms with Gasteiger partial charge >= 0.3 is 5.97 Å². The number of halogens is 1. The summed E-state index contributed by atoms with van der Waals surface area (Å²) < 4.78 is 11.9. The van der Waals surface area contributed by atoms with Gasteiger partial charge in [0, 0.05) is 36.3 Å².